The number of carbonyl (C=O) groups excluding carboxylic acids is 2. The zero-order valence-corrected chi connectivity index (χ0v) is 17.2. The second-order valence-electron chi connectivity index (χ2n) is 6.73. The molecule has 1 fully saturated rings. The Hall–Kier alpha value is -2.22. The quantitative estimate of drug-likeness (QED) is 0.614. The number of thioether (sulfide) groups is 2. The minimum absolute atomic E-state index is 0.00310. The topological polar surface area (TPSA) is 60.9 Å². The van der Waals surface area contributed by atoms with E-state index in [9.17, 15) is 14.7 Å². The van der Waals surface area contributed by atoms with E-state index in [1.54, 1.807) is 41.9 Å². The van der Waals surface area contributed by atoms with E-state index in [4.69, 9.17) is 0 Å². The molecule has 1 saturated heterocycles. The molecule has 1 N–H and O–H groups in total. The number of aliphatic hydroxyl groups is 1. The molecule has 0 spiro atoms. The molecule has 5 nitrogen and oxygen atoms in total. The van der Waals surface area contributed by atoms with Gasteiger partial charge in [-0.05, 0) is 17.7 Å². The van der Waals surface area contributed by atoms with Gasteiger partial charge in [0, 0.05) is 30.6 Å². The second-order valence-corrected chi connectivity index (χ2v) is 9.05. The van der Waals surface area contributed by atoms with Gasteiger partial charge in [0.25, 0.3) is 0 Å². The first-order valence-electron chi connectivity index (χ1n) is 8.88. The van der Waals surface area contributed by atoms with Crippen LogP contribution >= 0.6 is 23.5 Å². The van der Waals surface area contributed by atoms with E-state index in [0.29, 0.717) is 10.6 Å². The van der Waals surface area contributed by atoms with Crippen molar-refractivity contribution in [3.05, 3.63) is 70.8 Å². The highest BCUT2D eigenvalue weighted by Gasteiger charge is 2.45. The predicted octanol–water partition coefficient (Wildman–Crippen LogP) is 3.35. The van der Waals surface area contributed by atoms with E-state index in [1.165, 1.54) is 11.8 Å². The van der Waals surface area contributed by atoms with Crippen molar-refractivity contribution in [2.24, 2.45) is 0 Å². The average molecular weight is 413 g/mol. The van der Waals surface area contributed by atoms with Crippen molar-refractivity contribution in [2.45, 2.75) is 22.1 Å². The Morgan fingerprint density at radius 1 is 1.14 bits per heavy atom. The summed E-state index contributed by atoms with van der Waals surface area (Å²) in [6.07, 6.45) is 1.55. The van der Waals surface area contributed by atoms with Crippen molar-refractivity contribution in [1.29, 1.82) is 0 Å². The van der Waals surface area contributed by atoms with E-state index in [2.05, 4.69) is 4.90 Å². The number of anilines is 1. The van der Waals surface area contributed by atoms with Crippen LogP contribution in [0.1, 0.15) is 15.9 Å². The summed E-state index contributed by atoms with van der Waals surface area (Å²) in [4.78, 5) is 30.2. The van der Waals surface area contributed by atoms with Gasteiger partial charge in [-0.3, -0.25) is 9.59 Å². The Bertz CT molecular complexity index is 961. The normalized spacial score (nSPS) is 22.8. The molecule has 2 aliphatic heterocycles. The van der Waals surface area contributed by atoms with Gasteiger partial charge in [0.05, 0.1) is 17.3 Å². The lowest BCUT2D eigenvalue weighted by Gasteiger charge is -2.24. The van der Waals surface area contributed by atoms with Crippen molar-refractivity contribution < 1.29 is 14.7 Å². The first kappa shape index (κ1) is 19.1. The SMILES string of the molecule is CN1C(=O)C(C2Sc3cc(CO)ccc3N2C)S/C1=C/C(=O)c1ccccc1. The lowest BCUT2D eigenvalue weighted by atomic mass is 10.1. The third kappa shape index (κ3) is 3.34. The second kappa shape index (κ2) is 7.66. The number of hydrogen-bond donors (Lipinski definition) is 1. The van der Waals surface area contributed by atoms with Crippen molar-refractivity contribution in [1.82, 2.24) is 4.90 Å². The van der Waals surface area contributed by atoms with Crippen LogP contribution in [0.3, 0.4) is 0 Å². The lowest BCUT2D eigenvalue weighted by molar-refractivity contribution is -0.126. The first-order valence-corrected chi connectivity index (χ1v) is 10.6. The molecular weight excluding hydrogens is 392 g/mol. The van der Waals surface area contributed by atoms with Gasteiger partial charge in [-0.2, -0.15) is 0 Å². The molecule has 7 heteroatoms. The van der Waals surface area contributed by atoms with Gasteiger partial charge in [-0.1, -0.05) is 59.9 Å². The number of fused-ring (bicyclic) bond motifs is 1. The molecule has 2 atom stereocenters. The van der Waals surface area contributed by atoms with Crippen LogP contribution in [-0.2, 0) is 11.4 Å². The third-order valence-corrected chi connectivity index (χ3v) is 7.87. The monoisotopic (exact) mass is 412 g/mol. The molecular formula is C21H20N2O3S2. The van der Waals surface area contributed by atoms with Crippen LogP contribution in [0.4, 0.5) is 5.69 Å². The van der Waals surface area contributed by atoms with E-state index < -0.39 is 0 Å². The number of ketones is 1. The van der Waals surface area contributed by atoms with Gasteiger partial charge in [-0.25, -0.2) is 0 Å². The molecule has 1 amide bonds. The van der Waals surface area contributed by atoms with E-state index in [-0.39, 0.29) is 28.9 Å². The maximum atomic E-state index is 12.9. The lowest BCUT2D eigenvalue weighted by Crippen LogP contribution is -2.39. The summed E-state index contributed by atoms with van der Waals surface area (Å²) in [7, 11) is 3.70. The molecule has 2 aliphatic rings. The number of allylic oxidation sites excluding steroid dienone is 1. The number of nitrogens with zero attached hydrogens (tertiary/aromatic N) is 2. The standard InChI is InChI=1S/C21H20N2O3S2/c1-22-15-9-8-13(12-24)10-17(15)27-21(22)19-20(26)23(2)18(28-19)11-16(25)14-6-4-3-5-7-14/h3-11,19,21,24H,12H2,1-2H3/b18-11+. The van der Waals surface area contributed by atoms with Crippen LogP contribution < -0.4 is 4.90 Å². The zero-order valence-electron chi connectivity index (χ0n) is 15.5. The van der Waals surface area contributed by atoms with Gasteiger partial charge in [0.2, 0.25) is 5.91 Å². The smallest absolute Gasteiger partial charge is 0.243 e. The highest BCUT2D eigenvalue weighted by atomic mass is 32.2. The molecule has 0 aliphatic carbocycles. The van der Waals surface area contributed by atoms with Gasteiger partial charge in [0.1, 0.15) is 10.6 Å². The van der Waals surface area contributed by atoms with E-state index in [0.717, 1.165) is 16.1 Å². The average Bonchev–Trinajstić information content (AvgIpc) is 3.19. The van der Waals surface area contributed by atoms with Crippen LogP contribution in [0.2, 0.25) is 0 Å². The molecule has 0 radical (unpaired) electrons. The fourth-order valence-corrected chi connectivity index (χ4v) is 6.22. The Morgan fingerprint density at radius 2 is 1.89 bits per heavy atom. The molecule has 4 rings (SSSR count). The molecule has 0 bridgehead atoms. The Labute approximate surface area is 172 Å². The maximum Gasteiger partial charge on any atom is 0.243 e. The molecule has 0 saturated carbocycles. The molecule has 144 valence electrons. The summed E-state index contributed by atoms with van der Waals surface area (Å²) >= 11 is 3.06. The van der Waals surface area contributed by atoms with Crippen LogP contribution in [0, 0.1) is 0 Å². The highest BCUT2D eigenvalue weighted by Crippen LogP contribution is 2.49. The fourth-order valence-electron chi connectivity index (χ4n) is 3.32. The predicted molar refractivity (Wildman–Crippen MR) is 113 cm³/mol. The van der Waals surface area contributed by atoms with E-state index >= 15 is 0 Å². The Kier molecular flexibility index (Phi) is 5.23. The number of amides is 1. The van der Waals surface area contributed by atoms with Crippen LogP contribution in [0.15, 0.2) is 64.5 Å². The van der Waals surface area contributed by atoms with Gasteiger partial charge in [-0.15, -0.1) is 0 Å². The zero-order chi connectivity index (χ0) is 19.8. The van der Waals surface area contributed by atoms with Crippen LogP contribution in [0.5, 0.6) is 0 Å². The highest BCUT2D eigenvalue weighted by molar-refractivity contribution is 8.07. The maximum absolute atomic E-state index is 12.9. The summed E-state index contributed by atoms with van der Waals surface area (Å²) in [6.45, 7) is -0.00342. The number of benzene rings is 2. The van der Waals surface area contributed by atoms with Gasteiger partial charge >= 0.3 is 0 Å². The van der Waals surface area contributed by atoms with Gasteiger partial charge in [0.15, 0.2) is 5.78 Å². The summed E-state index contributed by atoms with van der Waals surface area (Å²) < 4.78 is 0. The number of hydrogen-bond acceptors (Lipinski definition) is 6. The Balaban J connectivity index is 1.56. The molecule has 0 aromatic heterocycles. The number of rotatable bonds is 4. The summed E-state index contributed by atoms with van der Waals surface area (Å²) in [5.74, 6) is -0.108. The molecule has 2 aromatic rings. The van der Waals surface area contributed by atoms with Gasteiger partial charge < -0.3 is 14.9 Å². The van der Waals surface area contributed by atoms with Crippen molar-refractivity contribution in [3.63, 3.8) is 0 Å². The molecule has 2 heterocycles. The molecule has 2 unspecified atom stereocenters. The molecule has 2 aromatic carbocycles. The third-order valence-electron chi connectivity index (χ3n) is 4.94. The number of aliphatic hydroxyl groups excluding tert-OH is 1. The van der Waals surface area contributed by atoms with Crippen molar-refractivity contribution in [3.8, 4) is 0 Å². The van der Waals surface area contributed by atoms with Crippen LogP contribution in [0.25, 0.3) is 0 Å². The minimum Gasteiger partial charge on any atom is -0.392 e. The van der Waals surface area contributed by atoms with E-state index in [1.807, 2.05) is 43.4 Å². The first-order chi connectivity index (χ1) is 13.5. The van der Waals surface area contributed by atoms with Crippen LogP contribution in [-0.4, -0.2) is 46.4 Å². The largest absolute Gasteiger partial charge is 0.392 e. The fraction of sp³-hybridized carbons (Fsp3) is 0.238. The minimum atomic E-state index is -0.306. The summed E-state index contributed by atoms with van der Waals surface area (Å²) in [5.41, 5.74) is 2.52. The number of carbonyl (C=O) groups is 2. The Morgan fingerprint density at radius 3 is 2.61 bits per heavy atom. The van der Waals surface area contributed by atoms with Crippen molar-refractivity contribution >= 4 is 40.9 Å². The molecule has 28 heavy (non-hydrogen) atoms. The summed E-state index contributed by atoms with van der Waals surface area (Å²) in [5, 5.41) is 9.67. The van der Waals surface area contributed by atoms with Crippen molar-refractivity contribution in [2.75, 3.05) is 19.0 Å². The summed E-state index contributed by atoms with van der Waals surface area (Å²) in [6, 6.07) is 14.9.